The van der Waals surface area contributed by atoms with Crippen molar-refractivity contribution in [3.05, 3.63) is 12.3 Å². The van der Waals surface area contributed by atoms with E-state index in [-0.39, 0.29) is 0 Å². The topological polar surface area (TPSA) is 9.23 Å². The minimum Gasteiger partial charge on any atom is -0.493 e. The molecule has 0 bridgehead atoms. The summed E-state index contributed by atoms with van der Waals surface area (Å²) < 4.78 is 6.72. The Kier molecular flexibility index (Phi) is 8.36. The summed E-state index contributed by atoms with van der Waals surface area (Å²) in [5, 5.41) is 0. The first-order chi connectivity index (χ1) is 7.60. The monoisotopic (exact) mass is 228 g/mol. The van der Waals surface area contributed by atoms with Crippen LogP contribution < -0.4 is 0 Å². The van der Waals surface area contributed by atoms with Crippen LogP contribution in [0.5, 0.6) is 0 Å². The van der Waals surface area contributed by atoms with Gasteiger partial charge in [0.15, 0.2) is 0 Å². The summed E-state index contributed by atoms with van der Waals surface area (Å²) in [5.41, 5.74) is 0. The van der Waals surface area contributed by atoms with Crippen LogP contribution in [-0.2, 0) is 4.74 Å². The molecule has 1 unspecified atom stereocenters. The van der Waals surface area contributed by atoms with Gasteiger partial charge in [-0.3, -0.25) is 0 Å². The molecule has 0 amide bonds. The lowest BCUT2D eigenvalue weighted by molar-refractivity contribution is -0.927. The van der Waals surface area contributed by atoms with Gasteiger partial charge in [0.25, 0.3) is 0 Å². The van der Waals surface area contributed by atoms with Crippen molar-refractivity contribution >= 4 is 0 Å². The van der Waals surface area contributed by atoms with E-state index in [0.717, 1.165) is 18.9 Å². The Balaban J connectivity index is 4.19. The molecule has 0 spiro atoms. The molecule has 0 aliphatic carbocycles. The zero-order valence-corrected chi connectivity index (χ0v) is 11.7. The Hall–Kier alpha value is -0.500. The molecule has 0 aromatic rings. The van der Waals surface area contributed by atoms with Gasteiger partial charge in [0, 0.05) is 0 Å². The van der Waals surface area contributed by atoms with Crippen LogP contribution in [0.3, 0.4) is 0 Å². The van der Waals surface area contributed by atoms with Crippen molar-refractivity contribution in [3.8, 4) is 0 Å². The van der Waals surface area contributed by atoms with Gasteiger partial charge < -0.3 is 9.22 Å². The molecule has 2 nitrogen and oxygen atoms in total. The molecule has 0 aromatic heterocycles. The third kappa shape index (κ3) is 6.16. The predicted octanol–water partition coefficient (Wildman–Crippen LogP) is 3.58. The molecule has 0 rings (SSSR count). The quantitative estimate of drug-likeness (QED) is 0.410. The van der Waals surface area contributed by atoms with Gasteiger partial charge in [0.05, 0.1) is 25.4 Å². The molecule has 2 heteroatoms. The van der Waals surface area contributed by atoms with E-state index in [2.05, 4.69) is 27.4 Å². The van der Waals surface area contributed by atoms with Crippen LogP contribution in [0.15, 0.2) is 12.3 Å². The highest BCUT2D eigenvalue weighted by Crippen LogP contribution is 2.11. The maximum Gasteiger partial charge on any atom is 0.137 e. The fourth-order valence-corrected chi connectivity index (χ4v) is 2.19. The first-order valence-electron chi connectivity index (χ1n) is 6.73. The van der Waals surface area contributed by atoms with Crippen LogP contribution in [0.1, 0.15) is 47.0 Å². The average Bonchev–Trinajstić information content (AvgIpc) is 2.25. The van der Waals surface area contributed by atoms with Crippen molar-refractivity contribution in [1.82, 2.24) is 0 Å². The first-order valence-corrected chi connectivity index (χ1v) is 6.73. The van der Waals surface area contributed by atoms with Crippen LogP contribution >= 0.6 is 0 Å². The molecule has 0 aromatic carbocycles. The molecule has 0 heterocycles. The van der Waals surface area contributed by atoms with Gasteiger partial charge in [0.1, 0.15) is 13.2 Å². The fourth-order valence-electron chi connectivity index (χ4n) is 2.19. The second-order valence-electron chi connectivity index (χ2n) is 4.73. The van der Waals surface area contributed by atoms with Crippen molar-refractivity contribution in [1.29, 1.82) is 0 Å². The summed E-state index contributed by atoms with van der Waals surface area (Å²) in [6.45, 7) is 18.3. The molecule has 1 atom stereocenters. The molecule has 0 aliphatic rings. The van der Waals surface area contributed by atoms with Gasteiger partial charge in [-0.1, -0.05) is 26.8 Å². The lowest BCUT2D eigenvalue weighted by Crippen LogP contribution is -2.51. The maximum atomic E-state index is 5.52. The SMILES string of the molecule is C=C(C)OCC[N+](CC)(CCC)CCCC. The van der Waals surface area contributed by atoms with Crippen LogP contribution in [0.2, 0.25) is 0 Å². The second-order valence-corrected chi connectivity index (χ2v) is 4.73. The van der Waals surface area contributed by atoms with E-state index in [4.69, 9.17) is 4.74 Å². The number of quaternary nitrogens is 1. The van der Waals surface area contributed by atoms with E-state index in [1.165, 1.54) is 43.4 Å². The summed E-state index contributed by atoms with van der Waals surface area (Å²) in [5.74, 6) is 0.834. The summed E-state index contributed by atoms with van der Waals surface area (Å²) >= 11 is 0. The minimum atomic E-state index is 0.812. The van der Waals surface area contributed by atoms with Crippen LogP contribution in [-0.4, -0.2) is 37.3 Å². The summed E-state index contributed by atoms with van der Waals surface area (Å²) in [4.78, 5) is 0. The predicted molar refractivity (Wildman–Crippen MR) is 71.4 cm³/mol. The van der Waals surface area contributed by atoms with Crippen molar-refractivity contribution in [2.45, 2.75) is 47.0 Å². The van der Waals surface area contributed by atoms with Gasteiger partial charge in [-0.25, -0.2) is 0 Å². The number of hydrogen-bond acceptors (Lipinski definition) is 1. The molecular weight excluding hydrogens is 198 g/mol. The van der Waals surface area contributed by atoms with Crippen molar-refractivity contribution in [2.75, 3.05) is 32.8 Å². The molecule has 0 saturated heterocycles. The van der Waals surface area contributed by atoms with E-state index in [1.807, 2.05) is 6.92 Å². The Morgan fingerprint density at radius 2 is 1.75 bits per heavy atom. The summed E-state index contributed by atoms with van der Waals surface area (Å²) in [6, 6.07) is 0. The first kappa shape index (κ1) is 15.5. The van der Waals surface area contributed by atoms with E-state index in [1.54, 1.807) is 0 Å². The van der Waals surface area contributed by atoms with E-state index >= 15 is 0 Å². The number of allylic oxidation sites excluding steroid dienone is 1. The van der Waals surface area contributed by atoms with Gasteiger partial charge >= 0.3 is 0 Å². The number of unbranched alkanes of at least 4 members (excludes halogenated alkanes) is 1. The molecular formula is C14H30NO+. The molecule has 0 aliphatic heterocycles. The highest BCUT2D eigenvalue weighted by Gasteiger charge is 2.23. The Labute approximate surface area is 102 Å². The van der Waals surface area contributed by atoms with Crippen molar-refractivity contribution < 1.29 is 9.22 Å². The smallest absolute Gasteiger partial charge is 0.137 e. The fraction of sp³-hybridized carbons (Fsp3) is 0.857. The number of nitrogens with zero attached hydrogens (tertiary/aromatic N) is 1. The molecule has 96 valence electrons. The average molecular weight is 228 g/mol. The minimum absolute atomic E-state index is 0.812. The molecule has 0 radical (unpaired) electrons. The second kappa shape index (κ2) is 8.63. The standard InChI is InChI=1S/C14H30NO/c1-6-9-11-15(8-3,10-7-2)12-13-16-14(4)5/h4,6-13H2,1-3,5H3/q+1. The van der Waals surface area contributed by atoms with Gasteiger partial charge in [-0.15, -0.1) is 0 Å². The third-order valence-corrected chi connectivity index (χ3v) is 3.27. The number of hydrogen-bond donors (Lipinski definition) is 0. The highest BCUT2D eigenvalue weighted by atomic mass is 16.5. The lowest BCUT2D eigenvalue weighted by Gasteiger charge is -2.37. The zero-order valence-electron chi connectivity index (χ0n) is 11.7. The van der Waals surface area contributed by atoms with Crippen LogP contribution in [0.4, 0.5) is 0 Å². The third-order valence-electron chi connectivity index (χ3n) is 3.27. The Morgan fingerprint density at radius 3 is 2.19 bits per heavy atom. The normalized spacial score (nSPS) is 14.5. The highest BCUT2D eigenvalue weighted by molar-refractivity contribution is 4.73. The van der Waals surface area contributed by atoms with Gasteiger partial charge in [0.2, 0.25) is 0 Å². The Bertz CT molecular complexity index is 191. The van der Waals surface area contributed by atoms with Crippen LogP contribution in [0.25, 0.3) is 0 Å². The molecule has 0 N–H and O–H groups in total. The zero-order chi connectivity index (χ0) is 12.4. The van der Waals surface area contributed by atoms with Gasteiger partial charge in [-0.2, -0.15) is 0 Å². The summed E-state index contributed by atoms with van der Waals surface area (Å²) in [6.07, 6.45) is 3.86. The van der Waals surface area contributed by atoms with E-state index in [9.17, 15) is 0 Å². The lowest BCUT2D eigenvalue weighted by atomic mass is 10.2. The number of ether oxygens (including phenoxy) is 1. The largest absolute Gasteiger partial charge is 0.493 e. The molecule has 0 saturated carbocycles. The number of rotatable bonds is 10. The van der Waals surface area contributed by atoms with Crippen LogP contribution in [0, 0.1) is 0 Å². The Morgan fingerprint density at radius 1 is 1.06 bits per heavy atom. The molecule has 0 fully saturated rings. The summed E-state index contributed by atoms with van der Waals surface area (Å²) in [7, 11) is 0. The maximum absolute atomic E-state index is 5.52. The van der Waals surface area contributed by atoms with E-state index < -0.39 is 0 Å². The van der Waals surface area contributed by atoms with Crippen molar-refractivity contribution in [2.24, 2.45) is 0 Å². The van der Waals surface area contributed by atoms with E-state index in [0.29, 0.717) is 0 Å². The van der Waals surface area contributed by atoms with Crippen molar-refractivity contribution in [3.63, 3.8) is 0 Å². The number of likely N-dealkylation sites (N-methyl/N-ethyl adjacent to an activating group) is 1. The molecule has 16 heavy (non-hydrogen) atoms. The van der Waals surface area contributed by atoms with Gasteiger partial charge in [-0.05, 0) is 26.7 Å².